The van der Waals surface area contributed by atoms with Crippen molar-refractivity contribution in [3.8, 4) is 0 Å². The van der Waals surface area contributed by atoms with Gasteiger partial charge in [-0.15, -0.1) is 0 Å². The van der Waals surface area contributed by atoms with Crippen molar-refractivity contribution in [3.05, 3.63) is 75.5 Å². The van der Waals surface area contributed by atoms with E-state index >= 15 is 0 Å². The van der Waals surface area contributed by atoms with Gasteiger partial charge in [-0.1, -0.05) is 43.3 Å². The number of nitrogens with two attached hydrogens (primary N) is 1. The molecule has 260 valence electrons. The van der Waals surface area contributed by atoms with Gasteiger partial charge in [0, 0.05) is 37.4 Å². The molecule has 0 saturated carbocycles. The maximum atomic E-state index is 13.9. The number of hydrogen-bond donors (Lipinski definition) is 4. The van der Waals surface area contributed by atoms with Gasteiger partial charge in [0.2, 0.25) is 11.6 Å². The highest BCUT2D eigenvalue weighted by Gasteiger charge is 2.35. The van der Waals surface area contributed by atoms with Crippen LogP contribution in [-0.2, 0) is 28.6 Å². The molecule has 0 aromatic carbocycles. The van der Waals surface area contributed by atoms with Gasteiger partial charge in [-0.05, 0) is 52.0 Å². The van der Waals surface area contributed by atoms with Crippen molar-refractivity contribution >= 4 is 29.5 Å². The summed E-state index contributed by atoms with van der Waals surface area (Å²) in [5.41, 5.74) is 5.99. The first kappa shape index (κ1) is 37.8. The number of Topliss-reactive ketones (excluding diaryl/α,β-unsaturated/α-hetero) is 1. The Labute approximate surface area is 279 Å². The fourth-order valence-corrected chi connectivity index (χ4v) is 5.70. The highest BCUT2D eigenvalue weighted by Crippen LogP contribution is 2.29. The minimum absolute atomic E-state index is 0.00751. The molecule has 2 bridgehead atoms. The number of rotatable bonds is 5. The Bertz CT molecular complexity index is 1580. The van der Waals surface area contributed by atoms with Crippen molar-refractivity contribution < 1.29 is 47.8 Å². The standard InChI is InChI=1S/C34H44N4O10/c1-16-12-22-28(37-33(43)27-20(5)38-48-21(27)6)24(39)15-23(30(22)41)36-32(42)17(2)10-9-11-25(45-7)31(47-34(35)44)19(4)14-18(3)29(40)26(13-16)46-8/h9-11,14-16,18,25-26,29,31,40H,12-13H2,1-8H3,(H2,35,44)(H,36,42)(H,37,43)/b11-9-,17-10+,19-14+/t16-,18+,25+,26+,29-,31-/m1/s1. The van der Waals surface area contributed by atoms with E-state index in [0.29, 0.717) is 11.3 Å². The number of ether oxygens (including phenoxy) is 3. The van der Waals surface area contributed by atoms with Crippen molar-refractivity contribution in [3.63, 3.8) is 0 Å². The molecule has 14 nitrogen and oxygen atoms in total. The van der Waals surface area contributed by atoms with Gasteiger partial charge >= 0.3 is 6.09 Å². The molecule has 3 rings (SSSR count). The van der Waals surface area contributed by atoms with E-state index in [1.807, 2.05) is 0 Å². The summed E-state index contributed by atoms with van der Waals surface area (Å²) < 4.78 is 21.7. The Balaban J connectivity index is 2.11. The van der Waals surface area contributed by atoms with Gasteiger partial charge in [-0.2, -0.15) is 0 Å². The largest absolute Gasteiger partial charge is 0.439 e. The number of nitrogens with one attached hydrogen (secondary N) is 2. The lowest BCUT2D eigenvalue weighted by Gasteiger charge is -2.30. The predicted octanol–water partition coefficient (Wildman–Crippen LogP) is 2.80. The number of carbonyl (C=O) groups excluding carboxylic acids is 5. The molecule has 1 aromatic rings. The number of aryl methyl sites for hydroxylation is 2. The van der Waals surface area contributed by atoms with Crippen LogP contribution in [0.4, 0.5) is 4.79 Å². The highest BCUT2D eigenvalue weighted by atomic mass is 16.6. The minimum Gasteiger partial charge on any atom is -0.439 e. The van der Waals surface area contributed by atoms with Crippen molar-refractivity contribution in [2.45, 2.75) is 78.8 Å². The summed E-state index contributed by atoms with van der Waals surface area (Å²) in [6.45, 7) is 9.91. The number of aliphatic hydroxyl groups is 1. The molecule has 1 aliphatic heterocycles. The molecule has 3 amide bonds. The third-order valence-electron chi connectivity index (χ3n) is 8.29. The van der Waals surface area contributed by atoms with Crippen LogP contribution in [0.25, 0.3) is 0 Å². The smallest absolute Gasteiger partial charge is 0.405 e. The minimum atomic E-state index is -1.04. The Kier molecular flexibility index (Phi) is 12.9. The number of hydrogen-bond acceptors (Lipinski definition) is 11. The summed E-state index contributed by atoms with van der Waals surface area (Å²) in [4.78, 5) is 65.5. The van der Waals surface area contributed by atoms with Gasteiger partial charge in [0.05, 0.1) is 29.3 Å². The van der Waals surface area contributed by atoms with Gasteiger partial charge < -0.3 is 40.2 Å². The van der Waals surface area contributed by atoms with E-state index in [-0.39, 0.29) is 52.6 Å². The summed E-state index contributed by atoms with van der Waals surface area (Å²) in [6.07, 6.45) is 2.86. The van der Waals surface area contributed by atoms with E-state index in [1.54, 1.807) is 46.8 Å². The van der Waals surface area contributed by atoms with Crippen LogP contribution in [-0.4, -0.2) is 78.4 Å². The number of allylic oxidation sites excluding steroid dienone is 4. The Morgan fingerprint density at radius 2 is 1.79 bits per heavy atom. The van der Waals surface area contributed by atoms with Crippen LogP contribution in [0.5, 0.6) is 0 Å². The molecular formula is C34H44N4O10. The average Bonchev–Trinajstić information content (AvgIpc) is 3.37. The number of fused-ring (bicyclic) bond motifs is 2. The SMILES string of the molecule is CO[C@H]1/C=C\C=C(/C)C(=O)NC2=CC(=O)C(NC(=O)c3c(C)noc3C)=C(C[C@@H](C)C[C@H](OC)[C@H](O)[C@@H](C)/C=C(\C)[C@H]1OC(N)=O)C2=O. The second kappa shape index (κ2) is 16.4. The molecule has 2 heterocycles. The van der Waals surface area contributed by atoms with Gasteiger partial charge in [0.25, 0.3) is 11.8 Å². The lowest BCUT2D eigenvalue weighted by atomic mass is 9.85. The van der Waals surface area contributed by atoms with Gasteiger partial charge in [0.15, 0.2) is 6.10 Å². The van der Waals surface area contributed by atoms with E-state index in [2.05, 4.69) is 15.8 Å². The maximum absolute atomic E-state index is 13.9. The number of aromatic nitrogens is 1. The first-order chi connectivity index (χ1) is 22.6. The second-order valence-corrected chi connectivity index (χ2v) is 12.1. The molecule has 5 N–H and O–H groups in total. The molecule has 0 saturated heterocycles. The topological polar surface area (TPSA) is 209 Å². The highest BCUT2D eigenvalue weighted by molar-refractivity contribution is 6.24. The van der Waals surface area contributed by atoms with Crippen molar-refractivity contribution in [2.75, 3.05) is 14.2 Å². The zero-order valence-electron chi connectivity index (χ0n) is 28.4. The average molecular weight is 669 g/mol. The number of primary amides is 1. The third-order valence-corrected chi connectivity index (χ3v) is 8.29. The van der Waals surface area contributed by atoms with E-state index in [9.17, 15) is 29.1 Å². The van der Waals surface area contributed by atoms with Crippen LogP contribution in [0.2, 0.25) is 0 Å². The van der Waals surface area contributed by atoms with E-state index < -0.39 is 59.8 Å². The maximum Gasteiger partial charge on any atom is 0.405 e. The molecular weight excluding hydrogens is 624 g/mol. The van der Waals surface area contributed by atoms with Crippen LogP contribution < -0.4 is 16.4 Å². The molecule has 0 spiro atoms. The summed E-state index contributed by atoms with van der Waals surface area (Å²) in [5.74, 6) is -3.33. The number of amides is 3. The number of aliphatic hydroxyl groups excluding tert-OH is 1. The molecule has 0 unspecified atom stereocenters. The first-order valence-corrected chi connectivity index (χ1v) is 15.4. The van der Waals surface area contributed by atoms with E-state index in [4.69, 9.17) is 24.5 Å². The van der Waals surface area contributed by atoms with Gasteiger partial charge in [-0.3, -0.25) is 19.2 Å². The molecule has 48 heavy (non-hydrogen) atoms. The molecule has 1 aliphatic carbocycles. The van der Waals surface area contributed by atoms with Crippen molar-refractivity contribution in [1.82, 2.24) is 15.8 Å². The number of ketones is 2. The molecule has 6 atom stereocenters. The lowest BCUT2D eigenvalue weighted by molar-refractivity contribution is -0.120. The zero-order valence-corrected chi connectivity index (χ0v) is 28.4. The zero-order chi connectivity index (χ0) is 35.9. The molecule has 1 aromatic heterocycles. The molecule has 0 fully saturated rings. The monoisotopic (exact) mass is 668 g/mol. The Hall–Kier alpha value is -4.66. The summed E-state index contributed by atoms with van der Waals surface area (Å²) in [7, 11) is 2.85. The Morgan fingerprint density at radius 3 is 2.38 bits per heavy atom. The van der Waals surface area contributed by atoms with Gasteiger partial charge in [0.1, 0.15) is 17.4 Å². The first-order valence-electron chi connectivity index (χ1n) is 15.4. The number of carbonyl (C=O) groups is 5. The lowest BCUT2D eigenvalue weighted by Crippen LogP contribution is -2.38. The molecule has 0 radical (unpaired) electrons. The van der Waals surface area contributed by atoms with Crippen LogP contribution in [0.1, 0.15) is 62.3 Å². The summed E-state index contributed by atoms with van der Waals surface area (Å²) in [5, 5.41) is 20.2. The van der Waals surface area contributed by atoms with Crippen LogP contribution >= 0.6 is 0 Å². The normalized spacial score (nSPS) is 29.2. The summed E-state index contributed by atoms with van der Waals surface area (Å²) >= 11 is 0. The predicted molar refractivity (Wildman–Crippen MR) is 173 cm³/mol. The van der Waals surface area contributed by atoms with Gasteiger partial charge in [-0.25, -0.2) is 4.79 Å². The van der Waals surface area contributed by atoms with E-state index in [0.717, 1.165) is 6.08 Å². The van der Waals surface area contributed by atoms with E-state index in [1.165, 1.54) is 33.3 Å². The Morgan fingerprint density at radius 1 is 1.10 bits per heavy atom. The number of methoxy groups -OCH3 is 2. The van der Waals surface area contributed by atoms with Crippen molar-refractivity contribution in [1.29, 1.82) is 0 Å². The summed E-state index contributed by atoms with van der Waals surface area (Å²) in [6, 6.07) is 0. The molecule has 14 heteroatoms. The quantitative estimate of drug-likeness (QED) is 0.265. The fourth-order valence-electron chi connectivity index (χ4n) is 5.70. The number of nitrogens with zero attached hydrogens (tertiary/aromatic N) is 1. The third kappa shape index (κ3) is 9.02. The van der Waals surface area contributed by atoms with Crippen LogP contribution in [0.15, 0.2) is 63.0 Å². The molecule has 2 aliphatic rings. The van der Waals surface area contributed by atoms with Crippen LogP contribution in [0, 0.1) is 25.7 Å². The second-order valence-electron chi connectivity index (χ2n) is 12.1. The van der Waals surface area contributed by atoms with Crippen LogP contribution in [0.3, 0.4) is 0 Å². The van der Waals surface area contributed by atoms with Crippen molar-refractivity contribution in [2.24, 2.45) is 17.6 Å². The fraction of sp³-hybridized carbons (Fsp3) is 0.471.